The second-order valence-corrected chi connectivity index (χ2v) is 8.56. The summed E-state index contributed by atoms with van der Waals surface area (Å²) in [7, 11) is -5.65. The molecule has 2 N–H and O–H groups in total. The van der Waals surface area contributed by atoms with Gasteiger partial charge in [-0.15, -0.1) is 0 Å². The van der Waals surface area contributed by atoms with Crippen molar-refractivity contribution in [2.45, 2.75) is 30.9 Å². The molecule has 0 saturated carbocycles. The number of hydrogen-bond donors (Lipinski definition) is 2. The van der Waals surface area contributed by atoms with Crippen LogP contribution in [0.3, 0.4) is 0 Å². The highest BCUT2D eigenvalue weighted by molar-refractivity contribution is 7.89. The Labute approximate surface area is 144 Å². The second-order valence-electron chi connectivity index (χ2n) is 5.36. The van der Waals surface area contributed by atoms with Gasteiger partial charge in [-0.3, -0.25) is 0 Å². The molecule has 2 aromatic rings. The zero-order valence-electron chi connectivity index (χ0n) is 13.7. The van der Waals surface area contributed by atoms with Crippen LogP contribution in [0.1, 0.15) is 18.1 Å². The Morgan fingerprint density at radius 1 is 1.12 bits per heavy atom. The predicted octanol–water partition coefficient (Wildman–Crippen LogP) is 3.18. The van der Waals surface area contributed by atoms with E-state index in [4.69, 9.17) is 4.52 Å². The summed E-state index contributed by atoms with van der Waals surface area (Å²) >= 11 is 0. The van der Waals surface area contributed by atoms with Crippen molar-refractivity contribution < 1.29 is 17.8 Å². The molecule has 0 saturated heterocycles. The minimum Gasteiger partial charge on any atom is -0.349 e. The molecule has 0 aliphatic carbocycles. The van der Waals surface area contributed by atoms with E-state index in [-0.39, 0.29) is 4.90 Å². The van der Waals surface area contributed by atoms with E-state index in [2.05, 4.69) is 4.72 Å². The topological polar surface area (TPSA) is 75.6 Å². The second kappa shape index (κ2) is 8.70. The Balaban J connectivity index is 2.21. The standard InChI is InChI=1S/C17H22NO4PS/c1-3-22-23(19)17(13-15-7-5-4-6-8-15)18-24(20,21)16-11-9-14(2)10-12-16/h4-12,17-19H,3,13H2,1-2H3/t17-,23-/m1/s1. The summed E-state index contributed by atoms with van der Waals surface area (Å²) in [4.78, 5) is 10.4. The monoisotopic (exact) mass is 367 g/mol. The molecule has 0 radical (unpaired) electrons. The lowest BCUT2D eigenvalue weighted by molar-refractivity contribution is 0.318. The van der Waals surface area contributed by atoms with Crippen LogP contribution in [0, 0.1) is 6.92 Å². The van der Waals surface area contributed by atoms with Crippen molar-refractivity contribution in [2.75, 3.05) is 6.61 Å². The van der Waals surface area contributed by atoms with E-state index in [0.29, 0.717) is 13.0 Å². The molecule has 0 amide bonds. The molecule has 0 aromatic heterocycles. The third kappa shape index (κ3) is 5.36. The molecule has 24 heavy (non-hydrogen) atoms. The highest BCUT2D eigenvalue weighted by Gasteiger charge is 2.27. The summed E-state index contributed by atoms with van der Waals surface area (Å²) in [6, 6.07) is 16.0. The Bertz CT molecular complexity index is 735. The molecule has 2 rings (SSSR count). The smallest absolute Gasteiger partial charge is 0.241 e. The van der Waals surface area contributed by atoms with E-state index < -0.39 is 24.2 Å². The van der Waals surface area contributed by atoms with Gasteiger partial charge in [0.2, 0.25) is 10.0 Å². The lowest BCUT2D eigenvalue weighted by Crippen LogP contribution is -2.35. The van der Waals surface area contributed by atoms with Crippen LogP contribution >= 0.6 is 8.38 Å². The maximum Gasteiger partial charge on any atom is 0.241 e. The van der Waals surface area contributed by atoms with Crippen LogP contribution in [-0.4, -0.2) is 25.7 Å². The van der Waals surface area contributed by atoms with E-state index >= 15 is 0 Å². The molecule has 0 fully saturated rings. The predicted molar refractivity (Wildman–Crippen MR) is 96.2 cm³/mol. The van der Waals surface area contributed by atoms with Crippen LogP contribution in [0.4, 0.5) is 0 Å². The summed E-state index contributed by atoms with van der Waals surface area (Å²) in [5.41, 5.74) is 1.91. The SMILES string of the molecule is CCO[P@@](O)[C@H](Cc1ccccc1)NS(=O)(=O)c1ccc(C)cc1. The van der Waals surface area contributed by atoms with Gasteiger partial charge in [0, 0.05) is 0 Å². The number of nitrogens with one attached hydrogen (secondary N) is 1. The molecule has 0 bridgehead atoms. The highest BCUT2D eigenvalue weighted by atomic mass is 32.2. The average Bonchev–Trinajstić information content (AvgIpc) is 2.55. The lowest BCUT2D eigenvalue weighted by atomic mass is 10.1. The van der Waals surface area contributed by atoms with E-state index in [0.717, 1.165) is 11.1 Å². The third-order valence-electron chi connectivity index (χ3n) is 3.42. The molecule has 130 valence electrons. The molecular formula is C17H22NO4PS. The fourth-order valence-corrected chi connectivity index (χ4v) is 4.85. The fourth-order valence-electron chi connectivity index (χ4n) is 2.19. The quantitative estimate of drug-likeness (QED) is 0.703. The summed E-state index contributed by atoms with van der Waals surface area (Å²) in [5, 5.41) is 0. The molecule has 2 atom stereocenters. The highest BCUT2D eigenvalue weighted by Crippen LogP contribution is 2.38. The van der Waals surface area contributed by atoms with Crippen molar-refractivity contribution in [2.24, 2.45) is 0 Å². The van der Waals surface area contributed by atoms with E-state index in [9.17, 15) is 13.3 Å². The first-order valence-corrected chi connectivity index (χ1v) is 10.4. The van der Waals surface area contributed by atoms with Gasteiger partial charge in [-0.2, -0.15) is 4.72 Å². The summed E-state index contributed by atoms with van der Waals surface area (Å²) in [6.07, 6.45) is 0.355. The van der Waals surface area contributed by atoms with Gasteiger partial charge in [0.1, 0.15) is 0 Å². The van der Waals surface area contributed by atoms with Crippen molar-refractivity contribution >= 4 is 18.4 Å². The van der Waals surface area contributed by atoms with Crippen molar-refractivity contribution in [1.29, 1.82) is 0 Å². The molecule has 0 heterocycles. The largest absolute Gasteiger partial charge is 0.349 e. The summed E-state index contributed by atoms with van der Waals surface area (Å²) < 4.78 is 33.0. The van der Waals surface area contributed by atoms with Crippen molar-refractivity contribution in [3.63, 3.8) is 0 Å². The first-order chi connectivity index (χ1) is 11.4. The van der Waals surface area contributed by atoms with Gasteiger partial charge in [0.05, 0.1) is 17.3 Å². The van der Waals surface area contributed by atoms with Crippen LogP contribution in [0.5, 0.6) is 0 Å². The molecule has 0 aliphatic rings. The number of hydrogen-bond acceptors (Lipinski definition) is 4. The first kappa shape index (κ1) is 19.0. The summed E-state index contributed by atoms with van der Waals surface area (Å²) in [5.74, 6) is -0.714. The number of aryl methyl sites for hydroxylation is 1. The molecule has 7 heteroatoms. The van der Waals surface area contributed by atoms with Gasteiger partial charge in [0.25, 0.3) is 0 Å². The zero-order chi connectivity index (χ0) is 17.6. The minimum atomic E-state index is -3.73. The minimum absolute atomic E-state index is 0.172. The van der Waals surface area contributed by atoms with Gasteiger partial charge in [-0.1, -0.05) is 48.0 Å². The molecule has 0 spiro atoms. The van der Waals surface area contributed by atoms with Crippen molar-refractivity contribution in [3.8, 4) is 0 Å². The number of rotatable bonds is 8. The van der Waals surface area contributed by atoms with Crippen LogP contribution in [0.15, 0.2) is 59.5 Å². The Hall–Kier alpha value is -1.30. The molecular weight excluding hydrogens is 345 g/mol. The maximum atomic E-state index is 12.6. The average molecular weight is 367 g/mol. The van der Waals surface area contributed by atoms with Gasteiger partial charge < -0.3 is 9.42 Å². The molecule has 0 aliphatic heterocycles. The van der Waals surface area contributed by atoms with Crippen molar-refractivity contribution in [3.05, 3.63) is 65.7 Å². The maximum absolute atomic E-state index is 12.6. The zero-order valence-corrected chi connectivity index (χ0v) is 15.4. The Morgan fingerprint density at radius 3 is 2.33 bits per heavy atom. The number of benzene rings is 2. The van der Waals surface area contributed by atoms with E-state index in [1.54, 1.807) is 31.2 Å². The van der Waals surface area contributed by atoms with Crippen LogP contribution in [0.25, 0.3) is 0 Å². The van der Waals surface area contributed by atoms with Crippen LogP contribution in [-0.2, 0) is 21.0 Å². The van der Waals surface area contributed by atoms with Crippen molar-refractivity contribution in [1.82, 2.24) is 4.72 Å². The molecule has 5 nitrogen and oxygen atoms in total. The fraction of sp³-hybridized carbons (Fsp3) is 0.294. The van der Waals surface area contributed by atoms with Gasteiger partial charge in [-0.05, 0) is 38.0 Å². The van der Waals surface area contributed by atoms with E-state index in [1.807, 2.05) is 37.3 Å². The van der Waals surface area contributed by atoms with Crippen LogP contribution < -0.4 is 4.72 Å². The Kier molecular flexibility index (Phi) is 6.90. The van der Waals surface area contributed by atoms with Gasteiger partial charge in [-0.25, -0.2) is 8.42 Å². The Morgan fingerprint density at radius 2 is 1.75 bits per heavy atom. The summed E-state index contributed by atoms with van der Waals surface area (Å²) in [6.45, 7) is 3.98. The van der Waals surface area contributed by atoms with E-state index in [1.165, 1.54) is 0 Å². The molecule has 0 unspecified atom stereocenters. The third-order valence-corrected chi connectivity index (χ3v) is 6.45. The van der Waals surface area contributed by atoms with Gasteiger partial charge >= 0.3 is 0 Å². The van der Waals surface area contributed by atoms with Gasteiger partial charge in [0.15, 0.2) is 8.38 Å². The van der Waals surface area contributed by atoms with Crippen LogP contribution in [0.2, 0.25) is 0 Å². The number of sulfonamides is 1. The first-order valence-electron chi connectivity index (χ1n) is 7.66. The normalized spacial score (nSPS) is 14.3. The molecule has 2 aromatic carbocycles. The lowest BCUT2D eigenvalue weighted by Gasteiger charge is -2.23.